The van der Waals surface area contributed by atoms with Crippen LogP contribution in [0.4, 0.5) is 16.4 Å². The Morgan fingerprint density at radius 2 is 2.30 bits per heavy atom. The van der Waals surface area contributed by atoms with Gasteiger partial charge in [0, 0.05) is 55.7 Å². The van der Waals surface area contributed by atoms with Gasteiger partial charge in [-0.25, -0.2) is 9.78 Å². The summed E-state index contributed by atoms with van der Waals surface area (Å²) < 4.78 is 5.10. The number of aromatic amines is 1. The molecule has 2 amide bonds. The van der Waals surface area contributed by atoms with Crippen LogP contribution in [0.1, 0.15) is 19.0 Å². The molecular formula is C19H24N6O2. The highest BCUT2D eigenvalue weighted by Crippen LogP contribution is 2.30. The van der Waals surface area contributed by atoms with Crippen molar-refractivity contribution in [1.82, 2.24) is 20.0 Å². The number of anilines is 2. The molecule has 0 aromatic carbocycles. The van der Waals surface area contributed by atoms with Gasteiger partial charge in [-0.3, -0.25) is 5.32 Å². The van der Waals surface area contributed by atoms with Crippen molar-refractivity contribution in [3.63, 3.8) is 0 Å². The minimum atomic E-state index is -0.155. The van der Waals surface area contributed by atoms with Crippen molar-refractivity contribution in [2.45, 2.75) is 26.3 Å². The summed E-state index contributed by atoms with van der Waals surface area (Å²) in [4.78, 5) is 24.3. The van der Waals surface area contributed by atoms with Gasteiger partial charge in [0.1, 0.15) is 5.65 Å². The highest BCUT2D eigenvalue weighted by Gasteiger charge is 2.32. The molecule has 0 bridgehead atoms. The SMILES string of the molecule is Cc1cc(NC(=O)N2CC[C@@H](C)[C@@H](N(C)c3ccnc4[nH]ccc34)C2)on1. The molecule has 1 aliphatic rings. The smallest absolute Gasteiger partial charge is 0.324 e. The number of hydrogen-bond donors (Lipinski definition) is 2. The van der Waals surface area contributed by atoms with Gasteiger partial charge in [0.25, 0.3) is 0 Å². The van der Waals surface area contributed by atoms with Gasteiger partial charge in [0.2, 0.25) is 5.88 Å². The second kappa shape index (κ2) is 6.94. The first kappa shape index (κ1) is 17.4. The molecule has 27 heavy (non-hydrogen) atoms. The first-order valence-electron chi connectivity index (χ1n) is 9.17. The molecule has 0 spiro atoms. The molecule has 2 N–H and O–H groups in total. The number of hydrogen-bond acceptors (Lipinski definition) is 5. The summed E-state index contributed by atoms with van der Waals surface area (Å²) in [5.41, 5.74) is 2.73. The van der Waals surface area contributed by atoms with E-state index in [9.17, 15) is 4.79 Å². The molecule has 0 unspecified atom stereocenters. The monoisotopic (exact) mass is 368 g/mol. The molecule has 8 heteroatoms. The summed E-state index contributed by atoms with van der Waals surface area (Å²) in [6.07, 6.45) is 4.66. The molecule has 3 aromatic heterocycles. The predicted molar refractivity (Wildman–Crippen MR) is 104 cm³/mol. The third kappa shape index (κ3) is 3.34. The number of fused-ring (bicyclic) bond motifs is 1. The zero-order chi connectivity index (χ0) is 19.0. The lowest BCUT2D eigenvalue weighted by molar-refractivity contribution is 0.172. The first-order chi connectivity index (χ1) is 13.0. The van der Waals surface area contributed by atoms with Crippen molar-refractivity contribution in [3.8, 4) is 0 Å². The van der Waals surface area contributed by atoms with E-state index in [1.54, 1.807) is 6.07 Å². The van der Waals surface area contributed by atoms with Gasteiger partial charge in [0.15, 0.2) is 0 Å². The number of pyridine rings is 1. The Morgan fingerprint density at radius 3 is 3.07 bits per heavy atom. The van der Waals surface area contributed by atoms with E-state index in [2.05, 4.69) is 39.3 Å². The Morgan fingerprint density at radius 1 is 1.44 bits per heavy atom. The molecule has 1 saturated heterocycles. The Bertz CT molecular complexity index is 948. The molecule has 0 saturated carbocycles. The lowest BCUT2D eigenvalue weighted by Gasteiger charge is -2.42. The fourth-order valence-electron chi connectivity index (χ4n) is 3.78. The number of likely N-dealkylation sites (tertiary alicyclic amines) is 1. The minimum Gasteiger partial charge on any atom is -0.369 e. The number of carbonyl (C=O) groups excluding carboxylic acids is 1. The van der Waals surface area contributed by atoms with Gasteiger partial charge < -0.3 is 19.3 Å². The van der Waals surface area contributed by atoms with Crippen LogP contribution in [0.25, 0.3) is 11.0 Å². The number of aryl methyl sites for hydroxylation is 1. The maximum absolute atomic E-state index is 12.7. The van der Waals surface area contributed by atoms with E-state index in [4.69, 9.17) is 4.52 Å². The van der Waals surface area contributed by atoms with E-state index in [-0.39, 0.29) is 12.1 Å². The number of nitrogens with zero attached hydrogens (tertiary/aromatic N) is 4. The number of rotatable bonds is 3. The number of amides is 2. The van der Waals surface area contributed by atoms with Crippen LogP contribution in [0.3, 0.4) is 0 Å². The van der Waals surface area contributed by atoms with Crippen molar-refractivity contribution >= 4 is 28.6 Å². The second-order valence-electron chi connectivity index (χ2n) is 7.22. The van der Waals surface area contributed by atoms with E-state index in [1.807, 2.05) is 36.4 Å². The van der Waals surface area contributed by atoms with Gasteiger partial charge in [-0.1, -0.05) is 12.1 Å². The quantitative estimate of drug-likeness (QED) is 0.741. The van der Waals surface area contributed by atoms with Crippen molar-refractivity contribution in [1.29, 1.82) is 0 Å². The number of aromatic nitrogens is 3. The molecule has 4 heterocycles. The first-order valence-corrected chi connectivity index (χ1v) is 9.17. The molecule has 0 aliphatic carbocycles. The highest BCUT2D eigenvalue weighted by molar-refractivity contribution is 5.90. The standard InChI is InChI=1S/C19H24N6O2/c1-12-6-9-25(19(26)22-17-10-13(2)23-27-17)11-16(12)24(3)15-5-8-21-18-14(15)4-7-20-18/h4-5,7-8,10,12,16H,6,9,11H2,1-3H3,(H,20,21)(H,22,26)/t12-,16+/m1/s1. The summed E-state index contributed by atoms with van der Waals surface area (Å²) in [6, 6.07) is 5.84. The highest BCUT2D eigenvalue weighted by atomic mass is 16.5. The molecule has 8 nitrogen and oxygen atoms in total. The molecule has 1 fully saturated rings. The average molecular weight is 368 g/mol. The van der Waals surface area contributed by atoms with Crippen LogP contribution in [-0.2, 0) is 0 Å². The fourth-order valence-corrected chi connectivity index (χ4v) is 3.78. The number of piperidine rings is 1. The van der Waals surface area contributed by atoms with E-state index in [0.717, 1.165) is 35.4 Å². The van der Waals surface area contributed by atoms with Crippen LogP contribution >= 0.6 is 0 Å². The summed E-state index contributed by atoms with van der Waals surface area (Å²) in [7, 11) is 2.09. The van der Waals surface area contributed by atoms with E-state index in [1.165, 1.54) is 0 Å². The van der Waals surface area contributed by atoms with Gasteiger partial charge >= 0.3 is 6.03 Å². The van der Waals surface area contributed by atoms with Crippen LogP contribution in [0, 0.1) is 12.8 Å². The van der Waals surface area contributed by atoms with Crippen molar-refractivity contribution in [2.75, 3.05) is 30.4 Å². The zero-order valence-corrected chi connectivity index (χ0v) is 15.8. The minimum absolute atomic E-state index is 0.155. The molecule has 1 aliphatic heterocycles. The Balaban J connectivity index is 1.51. The maximum atomic E-state index is 12.7. The van der Waals surface area contributed by atoms with Crippen LogP contribution in [0.5, 0.6) is 0 Å². The van der Waals surface area contributed by atoms with Crippen molar-refractivity contribution in [2.24, 2.45) is 5.92 Å². The van der Waals surface area contributed by atoms with Crippen LogP contribution in [0.2, 0.25) is 0 Å². The number of H-pyrrole nitrogens is 1. The third-order valence-corrected chi connectivity index (χ3v) is 5.38. The number of carbonyl (C=O) groups is 1. The average Bonchev–Trinajstić information content (AvgIpc) is 3.30. The molecule has 4 rings (SSSR count). The Labute approximate surface area is 157 Å². The lowest BCUT2D eigenvalue weighted by Crippen LogP contribution is -2.53. The van der Waals surface area contributed by atoms with Gasteiger partial charge in [-0.05, 0) is 31.4 Å². The summed E-state index contributed by atoms with van der Waals surface area (Å²) >= 11 is 0. The Kier molecular flexibility index (Phi) is 4.47. The van der Waals surface area contributed by atoms with Crippen LogP contribution in [0.15, 0.2) is 35.1 Å². The van der Waals surface area contributed by atoms with Crippen LogP contribution < -0.4 is 10.2 Å². The van der Waals surface area contributed by atoms with Crippen molar-refractivity contribution in [3.05, 3.63) is 36.3 Å². The summed E-state index contributed by atoms with van der Waals surface area (Å²) in [5, 5.41) is 7.69. The maximum Gasteiger partial charge on any atom is 0.324 e. The molecular weight excluding hydrogens is 344 g/mol. The van der Waals surface area contributed by atoms with E-state index >= 15 is 0 Å². The van der Waals surface area contributed by atoms with Crippen LogP contribution in [-0.4, -0.2) is 52.2 Å². The largest absolute Gasteiger partial charge is 0.369 e. The fraction of sp³-hybridized carbons (Fsp3) is 0.421. The number of urea groups is 1. The third-order valence-electron chi connectivity index (χ3n) is 5.38. The second-order valence-corrected chi connectivity index (χ2v) is 7.22. The van der Waals surface area contributed by atoms with E-state index in [0.29, 0.717) is 18.3 Å². The molecule has 142 valence electrons. The normalized spacial score (nSPS) is 20.0. The lowest BCUT2D eigenvalue weighted by atomic mass is 9.92. The molecule has 3 aromatic rings. The number of nitrogens with one attached hydrogen (secondary N) is 2. The molecule has 2 atom stereocenters. The van der Waals surface area contributed by atoms with Crippen molar-refractivity contribution < 1.29 is 9.32 Å². The zero-order valence-electron chi connectivity index (χ0n) is 15.8. The topological polar surface area (TPSA) is 90.3 Å². The Hall–Kier alpha value is -3.03. The van der Waals surface area contributed by atoms with Gasteiger partial charge in [0.05, 0.1) is 5.69 Å². The van der Waals surface area contributed by atoms with E-state index < -0.39 is 0 Å². The molecule has 0 radical (unpaired) electrons. The number of likely N-dealkylation sites (N-methyl/N-ethyl adjacent to an activating group) is 1. The van der Waals surface area contributed by atoms with Gasteiger partial charge in [-0.2, -0.15) is 0 Å². The predicted octanol–water partition coefficient (Wildman–Crippen LogP) is 3.24. The summed E-state index contributed by atoms with van der Waals surface area (Å²) in [6.45, 7) is 5.43. The van der Waals surface area contributed by atoms with Gasteiger partial charge in [-0.15, -0.1) is 0 Å². The summed E-state index contributed by atoms with van der Waals surface area (Å²) in [5.74, 6) is 0.845.